The first-order valence-corrected chi connectivity index (χ1v) is 17.8. The van der Waals surface area contributed by atoms with Crippen molar-refractivity contribution in [1.82, 2.24) is 0 Å². The second kappa shape index (κ2) is 18.0. The van der Waals surface area contributed by atoms with E-state index in [1.807, 2.05) is 0 Å². The minimum atomic E-state index is -6.72. The summed E-state index contributed by atoms with van der Waals surface area (Å²) in [5, 5.41) is 0. The summed E-state index contributed by atoms with van der Waals surface area (Å²) in [6, 6.07) is 0. The van der Waals surface area contributed by atoms with Crippen LogP contribution in [0.2, 0.25) is 0 Å². The second-order valence-corrected chi connectivity index (χ2v) is 16.6. The summed E-state index contributed by atoms with van der Waals surface area (Å²) in [4.78, 5) is 0. The van der Waals surface area contributed by atoms with Crippen LogP contribution in [-0.4, -0.2) is 119 Å². The highest BCUT2D eigenvalue weighted by molar-refractivity contribution is 8.13. The van der Waals surface area contributed by atoms with E-state index < -0.39 is 62.1 Å². The summed E-state index contributed by atoms with van der Waals surface area (Å²) in [5.41, 5.74) is -24.8. The SMILES string of the molecule is CCC[N+](C)(C)CC.CCC[N+](C)(C)CC.O=S(=O)([N-]S(=O)(=O)C(F)(F)F)C(F)(F)F.O=S(=O)([N-]S(=O)(=O)C(F)(F)F)C(F)(F)F. The molecule has 0 N–H and O–H groups in total. The van der Waals surface area contributed by atoms with Gasteiger partial charge in [0.1, 0.15) is 0 Å². The molecular weight excluding hydrogens is 756 g/mol. The third kappa shape index (κ3) is 20.2. The van der Waals surface area contributed by atoms with Crippen LogP contribution in [0.25, 0.3) is 8.25 Å². The zero-order chi connectivity index (χ0) is 38.7. The van der Waals surface area contributed by atoms with E-state index in [0.717, 1.165) is 17.2 Å². The van der Waals surface area contributed by atoms with Crippen molar-refractivity contribution in [3.8, 4) is 0 Å². The van der Waals surface area contributed by atoms with E-state index in [2.05, 4.69) is 55.9 Å². The number of alkyl halides is 12. The molecule has 28 heteroatoms. The molecule has 284 valence electrons. The van der Waals surface area contributed by atoms with Crippen molar-refractivity contribution in [3.63, 3.8) is 0 Å². The van der Waals surface area contributed by atoms with Crippen LogP contribution in [0.5, 0.6) is 0 Å². The van der Waals surface area contributed by atoms with Gasteiger partial charge in [-0.2, -0.15) is 52.7 Å². The lowest BCUT2D eigenvalue weighted by atomic mass is 10.4. The van der Waals surface area contributed by atoms with E-state index in [1.54, 1.807) is 0 Å². The van der Waals surface area contributed by atoms with Crippen LogP contribution in [-0.2, 0) is 40.1 Å². The lowest BCUT2D eigenvalue weighted by Crippen LogP contribution is -2.39. The molecule has 0 spiro atoms. The summed E-state index contributed by atoms with van der Waals surface area (Å²) >= 11 is 0. The van der Waals surface area contributed by atoms with Gasteiger partial charge in [-0.05, 0) is 26.7 Å². The fourth-order valence-corrected chi connectivity index (χ4v) is 5.37. The van der Waals surface area contributed by atoms with Gasteiger partial charge in [-0.15, -0.1) is 0 Å². The molecule has 0 aliphatic rings. The van der Waals surface area contributed by atoms with Crippen LogP contribution < -0.4 is 0 Å². The van der Waals surface area contributed by atoms with Gasteiger partial charge in [-0.25, -0.2) is 33.7 Å². The van der Waals surface area contributed by atoms with Gasteiger partial charge in [0.15, 0.2) is 40.1 Å². The monoisotopic (exact) mass is 792 g/mol. The number of sulfonamides is 4. The Bertz CT molecular complexity index is 1150. The Morgan fingerprint density at radius 3 is 0.630 bits per heavy atom. The number of hydrogen-bond donors (Lipinski definition) is 0. The van der Waals surface area contributed by atoms with Crippen LogP contribution in [0.3, 0.4) is 0 Å². The van der Waals surface area contributed by atoms with Crippen LogP contribution in [0.4, 0.5) is 52.7 Å². The molecule has 0 rings (SSSR count). The molecule has 0 amide bonds. The Hall–Kier alpha value is -1.20. The molecule has 0 aliphatic heterocycles. The first kappa shape index (κ1) is 51.6. The molecular formula is C18H36F12N4O8S4. The Kier molecular flexibility index (Phi) is 20.2. The highest BCUT2D eigenvalue weighted by Gasteiger charge is 2.48. The molecule has 0 aromatic carbocycles. The fraction of sp³-hybridized carbons (Fsp3) is 1.00. The molecule has 0 heterocycles. The first-order valence-electron chi connectivity index (χ1n) is 12.0. The van der Waals surface area contributed by atoms with Gasteiger partial charge in [-0.1, -0.05) is 13.8 Å². The third-order valence-electron chi connectivity index (χ3n) is 4.93. The summed E-state index contributed by atoms with van der Waals surface area (Å²) in [7, 11) is -17.8. The van der Waals surface area contributed by atoms with Crippen molar-refractivity contribution < 1.29 is 95.3 Å². The molecule has 0 aromatic rings. The molecule has 0 bridgehead atoms. The average Bonchev–Trinajstić information content (AvgIpc) is 2.76. The quantitative estimate of drug-likeness (QED) is 0.218. The van der Waals surface area contributed by atoms with E-state index >= 15 is 0 Å². The second-order valence-electron chi connectivity index (χ2n) is 9.78. The van der Waals surface area contributed by atoms with Crippen molar-refractivity contribution in [2.45, 2.75) is 62.6 Å². The Morgan fingerprint density at radius 2 is 0.565 bits per heavy atom. The summed E-state index contributed by atoms with van der Waals surface area (Å²) in [5.74, 6) is 0. The summed E-state index contributed by atoms with van der Waals surface area (Å²) in [6.07, 6.45) is 2.58. The number of hydrogen-bond acceptors (Lipinski definition) is 8. The Balaban J connectivity index is -0.000000267. The van der Waals surface area contributed by atoms with Crippen molar-refractivity contribution in [2.24, 2.45) is 0 Å². The lowest BCUT2D eigenvalue weighted by Gasteiger charge is -2.27. The van der Waals surface area contributed by atoms with E-state index in [9.17, 15) is 86.4 Å². The molecule has 46 heavy (non-hydrogen) atoms. The van der Waals surface area contributed by atoms with Gasteiger partial charge < -0.3 is 17.2 Å². The predicted molar refractivity (Wildman–Crippen MR) is 142 cm³/mol. The fourth-order valence-electron chi connectivity index (χ4n) is 1.95. The smallest absolute Gasteiger partial charge is 0.421 e. The minimum Gasteiger partial charge on any atom is -0.421 e. The number of halogens is 12. The standard InChI is InChI=1S/2C7H18N.2C2F6NO4S2/c2*1-5-7-8(3,4)6-2;2*3-1(4,5)14(10,11)9-15(12,13)2(6,7)8/h2*5-7H2,1-4H3;;/q2*+1;2*-1. The maximum absolute atomic E-state index is 11.4. The number of rotatable bonds is 10. The van der Waals surface area contributed by atoms with Crippen molar-refractivity contribution in [3.05, 3.63) is 8.25 Å². The van der Waals surface area contributed by atoms with Gasteiger partial charge in [-0.3, -0.25) is 0 Å². The van der Waals surface area contributed by atoms with E-state index in [4.69, 9.17) is 0 Å². The summed E-state index contributed by atoms with van der Waals surface area (Å²) < 4.78 is 221. The third-order valence-corrected chi connectivity index (χ3v) is 10.4. The number of quaternary nitrogens is 2. The molecule has 0 atom stereocenters. The van der Waals surface area contributed by atoms with Gasteiger partial charge in [0.25, 0.3) is 0 Å². The van der Waals surface area contributed by atoms with Crippen LogP contribution >= 0.6 is 0 Å². The first-order chi connectivity index (χ1) is 19.7. The molecule has 0 saturated heterocycles. The van der Waals surface area contributed by atoms with Gasteiger partial charge in [0, 0.05) is 0 Å². The van der Waals surface area contributed by atoms with E-state index in [0.29, 0.717) is 0 Å². The van der Waals surface area contributed by atoms with Crippen LogP contribution in [0, 0.1) is 0 Å². The van der Waals surface area contributed by atoms with Crippen molar-refractivity contribution in [1.29, 1.82) is 0 Å². The number of nitrogens with zero attached hydrogens (tertiary/aromatic N) is 4. The normalized spacial score (nSPS) is 14.2. The van der Waals surface area contributed by atoms with Gasteiger partial charge >= 0.3 is 22.0 Å². The van der Waals surface area contributed by atoms with Gasteiger partial charge in [0.2, 0.25) is 0 Å². The van der Waals surface area contributed by atoms with Crippen molar-refractivity contribution in [2.75, 3.05) is 54.4 Å². The van der Waals surface area contributed by atoms with E-state index in [1.165, 1.54) is 39.0 Å². The molecule has 0 saturated carbocycles. The van der Waals surface area contributed by atoms with Crippen molar-refractivity contribution >= 4 is 40.1 Å². The van der Waals surface area contributed by atoms with Gasteiger partial charge in [0.05, 0.1) is 54.4 Å². The minimum absolute atomic E-state index is 0.778. The molecule has 0 radical (unpaired) electrons. The molecule has 0 aliphatic carbocycles. The summed E-state index contributed by atoms with van der Waals surface area (Å²) in [6.45, 7) is 14.0. The van der Waals surface area contributed by atoms with Crippen LogP contribution in [0.15, 0.2) is 0 Å². The maximum Gasteiger partial charge on any atom is 0.480 e. The Labute approximate surface area is 260 Å². The highest BCUT2D eigenvalue weighted by atomic mass is 32.3. The Morgan fingerprint density at radius 1 is 0.413 bits per heavy atom. The predicted octanol–water partition coefficient (Wildman–Crippen LogP) is 5.10. The largest absolute Gasteiger partial charge is 0.480 e. The average molecular weight is 793 g/mol. The lowest BCUT2D eigenvalue weighted by molar-refractivity contribution is -0.888. The highest BCUT2D eigenvalue weighted by Crippen LogP contribution is 2.37. The zero-order valence-corrected chi connectivity index (χ0v) is 28.7. The van der Waals surface area contributed by atoms with E-state index in [-0.39, 0.29) is 0 Å². The maximum atomic E-state index is 11.4. The molecule has 12 nitrogen and oxygen atoms in total. The molecule has 0 fully saturated rings. The molecule has 0 aromatic heterocycles. The molecule has 0 unspecified atom stereocenters. The van der Waals surface area contributed by atoms with Crippen LogP contribution in [0.1, 0.15) is 40.5 Å². The topological polar surface area (TPSA) is 165 Å². The zero-order valence-electron chi connectivity index (χ0n) is 25.5.